The molecule has 3 nitrogen and oxygen atoms in total. The van der Waals surface area contributed by atoms with E-state index in [1.807, 2.05) is 6.07 Å². The predicted molar refractivity (Wildman–Crippen MR) is 79.4 cm³/mol. The summed E-state index contributed by atoms with van der Waals surface area (Å²) in [6.07, 6.45) is 2.53. The van der Waals surface area contributed by atoms with Crippen LogP contribution in [0.2, 0.25) is 5.02 Å². The first-order valence-electron chi connectivity index (χ1n) is 5.14. The minimum Gasteiger partial charge on any atom is -0.389 e. The number of halogens is 1. The van der Waals surface area contributed by atoms with Crippen LogP contribution in [0, 0.1) is 0 Å². The van der Waals surface area contributed by atoms with E-state index < -0.39 is 10.8 Å². The highest BCUT2D eigenvalue weighted by Crippen LogP contribution is 2.20. The van der Waals surface area contributed by atoms with E-state index in [-0.39, 0.29) is 0 Å². The van der Waals surface area contributed by atoms with Gasteiger partial charge in [0, 0.05) is 45.6 Å². The van der Waals surface area contributed by atoms with Crippen LogP contribution in [0.3, 0.4) is 0 Å². The third-order valence-electron chi connectivity index (χ3n) is 2.17. The molecule has 0 saturated carbocycles. The Kier molecular flexibility index (Phi) is 5.88. The third kappa shape index (κ3) is 5.02. The molecule has 0 aliphatic heterocycles. The van der Waals surface area contributed by atoms with Gasteiger partial charge in [-0.15, -0.1) is 0 Å². The number of nitrogens with two attached hydrogens (primary N) is 1. The van der Waals surface area contributed by atoms with Crippen LogP contribution in [-0.2, 0) is 10.8 Å². The van der Waals surface area contributed by atoms with Crippen molar-refractivity contribution in [3.05, 3.63) is 28.8 Å². The van der Waals surface area contributed by atoms with E-state index in [2.05, 4.69) is 5.32 Å². The molecule has 94 valence electrons. The summed E-state index contributed by atoms with van der Waals surface area (Å²) in [4.78, 5) is 0.314. The SMILES string of the molecule is CS(=O)CCCNc1ccc(Cl)cc1C(N)=S. The number of nitrogens with one attached hydrogen (secondary N) is 1. The molecule has 0 fully saturated rings. The summed E-state index contributed by atoms with van der Waals surface area (Å²) in [6, 6.07) is 5.37. The lowest BCUT2D eigenvalue weighted by Gasteiger charge is -2.11. The van der Waals surface area contributed by atoms with Crippen LogP contribution in [0.15, 0.2) is 18.2 Å². The minimum atomic E-state index is -0.753. The van der Waals surface area contributed by atoms with Crippen molar-refractivity contribution in [2.45, 2.75) is 6.42 Å². The topological polar surface area (TPSA) is 55.1 Å². The van der Waals surface area contributed by atoms with E-state index in [9.17, 15) is 4.21 Å². The monoisotopic (exact) mass is 290 g/mol. The van der Waals surface area contributed by atoms with E-state index in [1.165, 1.54) is 0 Å². The Morgan fingerprint density at radius 3 is 2.88 bits per heavy atom. The van der Waals surface area contributed by atoms with Crippen molar-refractivity contribution >= 4 is 45.3 Å². The number of thiocarbonyl (C=S) groups is 1. The van der Waals surface area contributed by atoms with Crippen LogP contribution < -0.4 is 11.1 Å². The second-order valence-corrected chi connectivity index (χ2v) is 6.04. The number of hydrogen-bond donors (Lipinski definition) is 2. The Hall–Kier alpha value is -0.650. The number of benzene rings is 1. The summed E-state index contributed by atoms with van der Waals surface area (Å²) in [7, 11) is -0.753. The van der Waals surface area contributed by atoms with E-state index in [4.69, 9.17) is 29.6 Å². The van der Waals surface area contributed by atoms with Crippen LogP contribution in [0.1, 0.15) is 12.0 Å². The Bertz CT molecular complexity index is 437. The van der Waals surface area contributed by atoms with Gasteiger partial charge in [0.25, 0.3) is 0 Å². The maximum atomic E-state index is 10.9. The summed E-state index contributed by atoms with van der Waals surface area (Å²) in [6.45, 7) is 0.733. The fourth-order valence-electron chi connectivity index (χ4n) is 1.37. The molecule has 0 aromatic heterocycles. The second kappa shape index (κ2) is 6.93. The van der Waals surface area contributed by atoms with E-state index in [0.717, 1.165) is 24.2 Å². The van der Waals surface area contributed by atoms with Crippen molar-refractivity contribution in [1.29, 1.82) is 0 Å². The first-order chi connectivity index (χ1) is 8.00. The summed E-state index contributed by atoms with van der Waals surface area (Å²) in [5.74, 6) is 0.684. The highest BCUT2D eigenvalue weighted by atomic mass is 35.5. The van der Waals surface area contributed by atoms with Gasteiger partial charge in [-0.25, -0.2) is 0 Å². The average Bonchev–Trinajstić information content (AvgIpc) is 2.25. The molecule has 0 saturated heterocycles. The van der Waals surface area contributed by atoms with Crippen LogP contribution in [-0.4, -0.2) is 27.8 Å². The van der Waals surface area contributed by atoms with Gasteiger partial charge < -0.3 is 11.1 Å². The van der Waals surface area contributed by atoms with Crippen molar-refractivity contribution in [2.75, 3.05) is 23.9 Å². The molecule has 0 bridgehead atoms. The maximum absolute atomic E-state index is 10.9. The summed E-state index contributed by atoms with van der Waals surface area (Å²) in [5.41, 5.74) is 7.23. The Balaban J connectivity index is 2.64. The fourth-order valence-corrected chi connectivity index (χ4v) is 2.26. The molecule has 1 rings (SSSR count). The molecule has 0 spiro atoms. The molecular weight excluding hydrogens is 276 g/mol. The number of anilines is 1. The lowest BCUT2D eigenvalue weighted by molar-refractivity contribution is 0.685. The smallest absolute Gasteiger partial charge is 0.106 e. The van der Waals surface area contributed by atoms with Gasteiger partial charge in [0.15, 0.2) is 0 Å². The van der Waals surface area contributed by atoms with Crippen LogP contribution in [0.5, 0.6) is 0 Å². The molecule has 1 aromatic carbocycles. The lowest BCUT2D eigenvalue weighted by Crippen LogP contribution is -2.14. The molecule has 17 heavy (non-hydrogen) atoms. The summed E-state index contributed by atoms with van der Waals surface area (Å²) < 4.78 is 10.9. The largest absolute Gasteiger partial charge is 0.389 e. The average molecular weight is 291 g/mol. The highest BCUT2D eigenvalue weighted by Gasteiger charge is 2.05. The van der Waals surface area contributed by atoms with Crippen LogP contribution in [0.25, 0.3) is 0 Å². The molecule has 0 heterocycles. The Morgan fingerprint density at radius 1 is 1.59 bits per heavy atom. The van der Waals surface area contributed by atoms with Gasteiger partial charge >= 0.3 is 0 Å². The van der Waals surface area contributed by atoms with Crippen molar-refractivity contribution < 1.29 is 4.21 Å². The Labute approximate surface area is 114 Å². The van der Waals surface area contributed by atoms with E-state index in [0.29, 0.717) is 15.8 Å². The van der Waals surface area contributed by atoms with Crippen molar-refractivity contribution in [3.63, 3.8) is 0 Å². The molecule has 1 unspecified atom stereocenters. The van der Waals surface area contributed by atoms with Gasteiger partial charge in [0.2, 0.25) is 0 Å². The third-order valence-corrected chi connectivity index (χ3v) is 3.49. The van der Waals surface area contributed by atoms with E-state index >= 15 is 0 Å². The Morgan fingerprint density at radius 2 is 2.29 bits per heavy atom. The number of hydrogen-bond acceptors (Lipinski definition) is 3. The fraction of sp³-hybridized carbons (Fsp3) is 0.364. The first-order valence-corrected chi connectivity index (χ1v) is 7.65. The standard InChI is InChI=1S/C11H15ClN2OS2/c1-17(15)6-2-5-14-10-4-3-8(12)7-9(10)11(13)16/h3-4,7,14H,2,5-6H2,1H3,(H2,13,16). The van der Waals surface area contributed by atoms with Gasteiger partial charge in [-0.2, -0.15) is 0 Å². The van der Waals surface area contributed by atoms with Crippen molar-refractivity contribution in [1.82, 2.24) is 0 Å². The van der Waals surface area contributed by atoms with Gasteiger partial charge in [0.05, 0.1) is 0 Å². The molecular formula is C11H15ClN2OS2. The molecule has 0 amide bonds. The quantitative estimate of drug-likeness (QED) is 0.623. The van der Waals surface area contributed by atoms with Gasteiger partial charge in [-0.05, 0) is 24.6 Å². The normalized spacial score (nSPS) is 12.1. The maximum Gasteiger partial charge on any atom is 0.106 e. The zero-order chi connectivity index (χ0) is 12.8. The molecule has 1 atom stereocenters. The van der Waals surface area contributed by atoms with E-state index in [1.54, 1.807) is 18.4 Å². The molecule has 1 aromatic rings. The highest BCUT2D eigenvalue weighted by molar-refractivity contribution is 7.84. The lowest BCUT2D eigenvalue weighted by atomic mass is 10.1. The zero-order valence-corrected chi connectivity index (χ0v) is 11.9. The van der Waals surface area contributed by atoms with Crippen LogP contribution in [0.4, 0.5) is 5.69 Å². The molecule has 3 N–H and O–H groups in total. The second-order valence-electron chi connectivity index (χ2n) is 3.61. The number of rotatable bonds is 6. The minimum absolute atomic E-state index is 0.314. The first kappa shape index (κ1) is 14.4. The van der Waals surface area contributed by atoms with Crippen molar-refractivity contribution in [2.24, 2.45) is 5.73 Å². The molecule has 0 aliphatic carbocycles. The van der Waals surface area contributed by atoms with Gasteiger partial charge in [-0.3, -0.25) is 4.21 Å². The summed E-state index contributed by atoms with van der Waals surface area (Å²) in [5, 5.41) is 3.82. The summed E-state index contributed by atoms with van der Waals surface area (Å²) >= 11 is 10.8. The molecule has 0 radical (unpaired) electrons. The predicted octanol–water partition coefficient (Wildman–Crippen LogP) is 2.15. The van der Waals surface area contributed by atoms with Crippen LogP contribution >= 0.6 is 23.8 Å². The molecule has 0 aliphatic rings. The zero-order valence-electron chi connectivity index (χ0n) is 9.53. The van der Waals surface area contributed by atoms with Gasteiger partial charge in [0.1, 0.15) is 4.99 Å². The van der Waals surface area contributed by atoms with Crippen molar-refractivity contribution in [3.8, 4) is 0 Å². The van der Waals surface area contributed by atoms with Gasteiger partial charge in [-0.1, -0.05) is 23.8 Å². The molecule has 6 heteroatoms.